The lowest BCUT2D eigenvalue weighted by atomic mass is 9.82. The molecule has 208 valence electrons. The van der Waals surface area contributed by atoms with Gasteiger partial charge in [-0.3, -0.25) is 9.59 Å². The first-order valence-corrected chi connectivity index (χ1v) is 12.6. The van der Waals surface area contributed by atoms with Crippen molar-refractivity contribution in [1.29, 1.82) is 0 Å². The van der Waals surface area contributed by atoms with Crippen molar-refractivity contribution < 1.29 is 38.3 Å². The second-order valence-corrected chi connectivity index (χ2v) is 11.2. The lowest BCUT2D eigenvalue weighted by Gasteiger charge is -2.32. The van der Waals surface area contributed by atoms with E-state index in [0.717, 1.165) is 6.32 Å². The Morgan fingerprint density at radius 2 is 1.75 bits per heavy atom. The summed E-state index contributed by atoms with van der Waals surface area (Å²) in [5.74, 6) is -1.40. The van der Waals surface area contributed by atoms with Gasteiger partial charge in [0.05, 0.1) is 17.8 Å². The molecule has 0 bridgehead atoms. The molecule has 2 fully saturated rings. The molecular weight excluding hydrogens is 469 g/mol. The zero-order valence-electron chi connectivity index (χ0n) is 23.4. The third-order valence-corrected chi connectivity index (χ3v) is 6.21. The Hall–Kier alpha value is -1.89. The maximum absolute atomic E-state index is 12.2. The highest BCUT2D eigenvalue weighted by atomic mass is 16.7. The number of ether oxygens (including phenoxy) is 2. The number of alkyl carbamates (subject to hydrolysis) is 1. The minimum absolute atomic E-state index is 0.00458. The van der Waals surface area contributed by atoms with E-state index in [-0.39, 0.29) is 37.4 Å². The van der Waals surface area contributed by atoms with Crippen molar-refractivity contribution >= 4 is 25.1 Å². The molecule has 3 atom stereocenters. The van der Waals surface area contributed by atoms with E-state index < -0.39 is 35.7 Å². The summed E-state index contributed by atoms with van der Waals surface area (Å²) in [6.07, 6.45) is 2.96. The lowest BCUT2D eigenvalue weighted by Crippen LogP contribution is -2.53. The van der Waals surface area contributed by atoms with Gasteiger partial charge in [0.1, 0.15) is 17.7 Å². The largest absolute Gasteiger partial charge is 0.480 e. The topological polar surface area (TPSA) is 144 Å². The summed E-state index contributed by atoms with van der Waals surface area (Å²) in [4.78, 5) is 34.9. The number of carbonyl (C=O) groups is 3. The molecule has 2 saturated heterocycles. The predicted molar refractivity (Wildman–Crippen MR) is 137 cm³/mol. The quantitative estimate of drug-likeness (QED) is 0.340. The molecule has 0 aromatic carbocycles. The molecule has 2 rings (SSSR count). The Bertz CT molecular complexity index is 725. The Kier molecular flexibility index (Phi) is 12.1. The smallest absolute Gasteiger partial charge is 0.457 e. The van der Waals surface area contributed by atoms with Crippen LogP contribution in [0, 0.1) is 0 Å². The fourth-order valence-corrected chi connectivity index (χ4v) is 3.59. The number of nitrogens with one attached hydrogen (secondary N) is 3. The van der Waals surface area contributed by atoms with Crippen molar-refractivity contribution in [3.63, 3.8) is 0 Å². The van der Waals surface area contributed by atoms with E-state index in [9.17, 15) is 14.4 Å². The lowest BCUT2D eigenvalue weighted by molar-refractivity contribution is -0.139. The van der Waals surface area contributed by atoms with Gasteiger partial charge in [-0.25, -0.2) is 4.79 Å². The van der Waals surface area contributed by atoms with Gasteiger partial charge in [-0.05, 0) is 61.2 Å². The summed E-state index contributed by atoms with van der Waals surface area (Å²) in [5.41, 5.74) is -1.00. The molecular formula is C24H46BN3O8. The Morgan fingerprint density at radius 3 is 2.19 bits per heavy atom. The van der Waals surface area contributed by atoms with Gasteiger partial charge in [-0.15, -0.1) is 0 Å². The predicted octanol–water partition coefficient (Wildman–Crippen LogP) is 2.34. The fourth-order valence-electron chi connectivity index (χ4n) is 3.59. The average Bonchev–Trinajstić information content (AvgIpc) is 3.26. The molecule has 0 aromatic heterocycles. The number of hydrogen-bond acceptors (Lipinski definition) is 8. The third kappa shape index (κ3) is 10.6. The van der Waals surface area contributed by atoms with Crippen LogP contribution in [0.15, 0.2) is 0 Å². The van der Waals surface area contributed by atoms with Gasteiger partial charge in [-0.2, -0.15) is 0 Å². The highest BCUT2D eigenvalue weighted by Gasteiger charge is 2.50. The van der Waals surface area contributed by atoms with Gasteiger partial charge in [-0.1, -0.05) is 19.8 Å². The first-order valence-electron chi connectivity index (χ1n) is 12.6. The second-order valence-electron chi connectivity index (χ2n) is 11.2. The molecule has 0 radical (unpaired) electrons. The van der Waals surface area contributed by atoms with Gasteiger partial charge >= 0.3 is 19.2 Å². The number of carbonyl (C=O) groups excluding carboxylic acids is 2. The van der Waals surface area contributed by atoms with E-state index in [1.165, 1.54) is 20.0 Å². The molecule has 4 N–H and O–H groups in total. The first-order chi connectivity index (χ1) is 16.5. The number of aliphatic carboxylic acids is 1. The van der Waals surface area contributed by atoms with Crippen LogP contribution in [0.3, 0.4) is 0 Å². The summed E-state index contributed by atoms with van der Waals surface area (Å²) >= 11 is 0. The number of hydrogen-bond donors (Lipinski definition) is 4. The van der Waals surface area contributed by atoms with E-state index in [4.69, 9.17) is 23.9 Å². The van der Waals surface area contributed by atoms with Crippen molar-refractivity contribution in [1.82, 2.24) is 16.0 Å². The van der Waals surface area contributed by atoms with E-state index in [1.54, 1.807) is 20.8 Å². The fraction of sp³-hybridized carbons (Fsp3) is 0.875. The monoisotopic (exact) mass is 515 g/mol. The standard InChI is InChI=1S/C14H25N3O6.C10H21BO2/c1-14(2,3)23-13(21)17-10(7-22-4)11(18)16-8-5-9(12(19)20)15-6-8;1-6-7-8-11-12-9(2,3)10(4,5)13-11/h8-10,15H,5-7H2,1-4H3,(H,16,18)(H,17,21)(H,19,20);6-8H2,1-5H3. The second kappa shape index (κ2) is 13.6. The average molecular weight is 515 g/mol. The SMILES string of the molecule is CCCCB1OC(C)(C)C(C)(C)O1.COCC(NC(=O)OC(C)(C)C)C(=O)NC1CNC(C(=O)O)C1. The van der Waals surface area contributed by atoms with Gasteiger partial charge in [0.2, 0.25) is 5.91 Å². The van der Waals surface area contributed by atoms with Crippen LogP contribution in [0.2, 0.25) is 6.32 Å². The molecule has 0 aromatic rings. The number of carboxylic acid groups (broad SMARTS) is 1. The maximum atomic E-state index is 12.2. The summed E-state index contributed by atoms with van der Waals surface area (Å²) in [5, 5.41) is 16.9. The van der Waals surface area contributed by atoms with Gasteiger partial charge in [0.25, 0.3) is 0 Å². The zero-order valence-corrected chi connectivity index (χ0v) is 23.4. The number of amides is 2. The van der Waals surface area contributed by atoms with Crippen molar-refractivity contribution in [3.8, 4) is 0 Å². The number of carboxylic acids is 1. The molecule has 11 nitrogen and oxygen atoms in total. The number of rotatable bonds is 9. The van der Waals surface area contributed by atoms with E-state index in [1.807, 2.05) is 0 Å². The highest BCUT2D eigenvalue weighted by Crippen LogP contribution is 2.37. The maximum Gasteiger partial charge on any atom is 0.457 e. The van der Waals surface area contributed by atoms with Crippen LogP contribution in [-0.4, -0.2) is 85.4 Å². The molecule has 2 heterocycles. The molecule has 0 saturated carbocycles. The van der Waals surface area contributed by atoms with Crippen LogP contribution in [0.25, 0.3) is 0 Å². The van der Waals surface area contributed by atoms with Crippen molar-refractivity contribution in [3.05, 3.63) is 0 Å². The number of unbranched alkanes of at least 4 members (excludes halogenated alkanes) is 1. The van der Waals surface area contributed by atoms with Crippen LogP contribution in [0.5, 0.6) is 0 Å². The molecule has 3 unspecified atom stereocenters. The normalized spacial score (nSPS) is 23.3. The Labute approximate surface area is 215 Å². The van der Waals surface area contributed by atoms with Crippen LogP contribution in [-0.2, 0) is 28.4 Å². The van der Waals surface area contributed by atoms with Crippen molar-refractivity contribution in [2.45, 2.75) is 116 Å². The minimum Gasteiger partial charge on any atom is -0.480 e. The van der Waals surface area contributed by atoms with Crippen molar-refractivity contribution in [2.75, 3.05) is 20.3 Å². The van der Waals surface area contributed by atoms with Crippen LogP contribution in [0.1, 0.15) is 74.7 Å². The zero-order chi connectivity index (χ0) is 27.7. The Morgan fingerprint density at radius 1 is 1.17 bits per heavy atom. The molecule has 12 heteroatoms. The minimum atomic E-state index is -0.956. The van der Waals surface area contributed by atoms with Gasteiger partial charge in [0.15, 0.2) is 0 Å². The Balaban J connectivity index is 0.000000420. The van der Waals surface area contributed by atoms with Crippen LogP contribution >= 0.6 is 0 Å². The molecule has 36 heavy (non-hydrogen) atoms. The molecule has 2 aliphatic heterocycles. The summed E-state index contributed by atoms with van der Waals surface area (Å²) in [7, 11) is 1.42. The van der Waals surface area contributed by atoms with Crippen LogP contribution < -0.4 is 16.0 Å². The van der Waals surface area contributed by atoms with Crippen molar-refractivity contribution in [2.24, 2.45) is 0 Å². The molecule has 0 spiro atoms. The molecule has 0 aliphatic carbocycles. The van der Waals surface area contributed by atoms with Gasteiger partial charge in [0, 0.05) is 19.7 Å². The molecule has 2 amide bonds. The van der Waals surface area contributed by atoms with Gasteiger partial charge < -0.3 is 39.8 Å². The number of methoxy groups -OCH3 is 1. The van der Waals surface area contributed by atoms with E-state index in [2.05, 4.69) is 50.6 Å². The summed E-state index contributed by atoms with van der Waals surface area (Å²) < 4.78 is 21.7. The van der Waals surface area contributed by atoms with E-state index >= 15 is 0 Å². The molecule has 2 aliphatic rings. The van der Waals surface area contributed by atoms with E-state index in [0.29, 0.717) is 6.54 Å². The summed E-state index contributed by atoms with van der Waals surface area (Å²) in [6, 6.07) is -1.91. The highest BCUT2D eigenvalue weighted by molar-refractivity contribution is 6.45. The van der Waals surface area contributed by atoms with Crippen LogP contribution in [0.4, 0.5) is 4.79 Å². The third-order valence-electron chi connectivity index (χ3n) is 6.21. The summed E-state index contributed by atoms with van der Waals surface area (Å²) in [6.45, 7) is 16.1. The first kappa shape index (κ1) is 32.1.